The summed E-state index contributed by atoms with van der Waals surface area (Å²) in [5.74, 6) is -5.07. The molecule has 11 heteroatoms. The number of imide groups is 1. The third-order valence-corrected chi connectivity index (χ3v) is 7.38. The van der Waals surface area contributed by atoms with Gasteiger partial charge in [-0.2, -0.15) is 13.2 Å². The summed E-state index contributed by atoms with van der Waals surface area (Å²) in [5, 5.41) is 13.0. The topological polar surface area (TPSA) is 113 Å². The number of alkyl halides is 3. The fourth-order valence-corrected chi connectivity index (χ4v) is 5.37. The van der Waals surface area contributed by atoms with Crippen LogP contribution in [0.15, 0.2) is 72.8 Å². The number of ether oxygens (including phenoxy) is 1. The molecule has 0 aliphatic carbocycles. The minimum atomic E-state index is -4.56. The van der Waals surface area contributed by atoms with Gasteiger partial charge in [0.2, 0.25) is 11.8 Å². The molecule has 5 rings (SSSR count). The molecule has 40 heavy (non-hydrogen) atoms. The van der Waals surface area contributed by atoms with E-state index in [1.165, 1.54) is 62.4 Å². The zero-order chi connectivity index (χ0) is 29.0. The number of anilines is 1. The molecule has 0 spiro atoms. The lowest BCUT2D eigenvalue weighted by molar-refractivity contribution is -0.147. The van der Waals surface area contributed by atoms with E-state index in [0.29, 0.717) is 11.1 Å². The number of aliphatic carboxylic acids is 1. The summed E-state index contributed by atoms with van der Waals surface area (Å²) in [6.45, 7) is 2.72. The van der Waals surface area contributed by atoms with E-state index >= 15 is 0 Å². The number of ketones is 1. The number of carbonyl (C=O) groups is 4. The molecule has 3 aromatic carbocycles. The SMILES string of the molecule is CC(=O)c1ccc(N2C(=O)C3C(c4cccc(Oc5cccc(C(F)(F)F)c5)c4)NC(C)(C(=O)O)C3C2=O)cc1. The molecule has 2 saturated heterocycles. The first kappa shape index (κ1) is 27.1. The zero-order valence-corrected chi connectivity index (χ0v) is 21.2. The second-order valence-corrected chi connectivity index (χ2v) is 9.95. The Balaban J connectivity index is 1.49. The van der Waals surface area contributed by atoms with Crippen LogP contribution in [0.4, 0.5) is 18.9 Å². The molecule has 0 saturated carbocycles. The number of amides is 2. The fraction of sp³-hybridized carbons (Fsp3) is 0.241. The van der Waals surface area contributed by atoms with Crippen LogP contribution in [-0.4, -0.2) is 34.2 Å². The van der Waals surface area contributed by atoms with E-state index in [1.54, 1.807) is 12.1 Å². The molecule has 0 radical (unpaired) electrons. The van der Waals surface area contributed by atoms with Crippen LogP contribution >= 0.6 is 0 Å². The molecule has 2 N–H and O–H groups in total. The number of fused-ring (bicyclic) bond motifs is 1. The number of Topliss-reactive ketones (excluding diaryl/α,β-unsaturated/α-hetero) is 1. The Morgan fingerprint density at radius 3 is 2.17 bits per heavy atom. The second kappa shape index (κ2) is 9.60. The number of hydrogen-bond acceptors (Lipinski definition) is 6. The van der Waals surface area contributed by atoms with Crippen molar-refractivity contribution >= 4 is 29.3 Å². The van der Waals surface area contributed by atoms with E-state index in [4.69, 9.17) is 4.74 Å². The van der Waals surface area contributed by atoms with Gasteiger partial charge in [-0.15, -0.1) is 0 Å². The van der Waals surface area contributed by atoms with Crippen molar-refractivity contribution in [1.82, 2.24) is 5.32 Å². The van der Waals surface area contributed by atoms with Gasteiger partial charge in [0.15, 0.2) is 5.78 Å². The van der Waals surface area contributed by atoms with E-state index in [-0.39, 0.29) is 23.0 Å². The Bertz CT molecular complexity index is 1540. The van der Waals surface area contributed by atoms with Crippen molar-refractivity contribution in [2.75, 3.05) is 4.90 Å². The summed E-state index contributed by atoms with van der Waals surface area (Å²) in [5.41, 5.74) is -1.67. The number of halogens is 3. The van der Waals surface area contributed by atoms with E-state index in [0.717, 1.165) is 17.0 Å². The van der Waals surface area contributed by atoms with Crippen molar-refractivity contribution in [2.45, 2.75) is 31.6 Å². The maximum atomic E-state index is 13.7. The summed E-state index contributed by atoms with van der Waals surface area (Å²) in [4.78, 5) is 52.2. The fourth-order valence-electron chi connectivity index (χ4n) is 5.37. The summed E-state index contributed by atoms with van der Waals surface area (Å²) < 4.78 is 45.0. The Morgan fingerprint density at radius 1 is 0.950 bits per heavy atom. The highest BCUT2D eigenvalue weighted by molar-refractivity contribution is 6.24. The van der Waals surface area contributed by atoms with Gasteiger partial charge in [0, 0.05) is 11.6 Å². The van der Waals surface area contributed by atoms with Crippen molar-refractivity contribution in [2.24, 2.45) is 11.8 Å². The number of nitrogens with zero attached hydrogens (tertiary/aromatic N) is 1. The third kappa shape index (κ3) is 4.51. The largest absolute Gasteiger partial charge is 0.480 e. The first-order valence-corrected chi connectivity index (χ1v) is 12.3. The van der Waals surface area contributed by atoms with Crippen molar-refractivity contribution in [3.8, 4) is 11.5 Å². The number of carboxylic acids is 1. The molecule has 2 aliphatic heterocycles. The Kier molecular flexibility index (Phi) is 6.49. The third-order valence-electron chi connectivity index (χ3n) is 7.38. The number of carbonyl (C=O) groups excluding carboxylic acids is 3. The van der Waals surface area contributed by atoms with Crippen LogP contribution in [0.25, 0.3) is 0 Å². The standard InChI is InChI=1S/C29H23F3N2O6/c1-15(35)16-9-11-19(12-10-16)34-25(36)22-23(26(34)37)28(2,27(38)39)33-24(22)17-5-3-7-20(13-17)40-21-8-4-6-18(14-21)29(30,31)32/h3-14,22-24,33H,1-2H3,(H,38,39). The normalized spacial score (nSPS) is 24.2. The van der Waals surface area contributed by atoms with Gasteiger partial charge in [0.05, 0.1) is 23.1 Å². The molecule has 3 aromatic rings. The van der Waals surface area contributed by atoms with E-state index in [9.17, 15) is 37.5 Å². The van der Waals surface area contributed by atoms with E-state index in [2.05, 4.69) is 5.32 Å². The van der Waals surface area contributed by atoms with Crippen molar-refractivity contribution in [1.29, 1.82) is 0 Å². The number of rotatable bonds is 6. The van der Waals surface area contributed by atoms with Gasteiger partial charge in [-0.25, -0.2) is 4.90 Å². The first-order chi connectivity index (χ1) is 18.8. The molecule has 2 amide bonds. The highest BCUT2D eigenvalue weighted by Gasteiger charge is 2.66. The molecule has 0 bridgehead atoms. The number of nitrogens with one attached hydrogen (secondary N) is 1. The molecule has 4 atom stereocenters. The van der Waals surface area contributed by atoms with Gasteiger partial charge in [0.1, 0.15) is 17.0 Å². The molecule has 2 aliphatic rings. The Morgan fingerprint density at radius 2 is 1.57 bits per heavy atom. The second-order valence-electron chi connectivity index (χ2n) is 9.95. The molecule has 4 unspecified atom stereocenters. The number of benzene rings is 3. The average Bonchev–Trinajstić information content (AvgIpc) is 3.37. The predicted molar refractivity (Wildman–Crippen MR) is 136 cm³/mol. The van der Waals surface area contributed by atoms with Crippen LogP contribution in [0.2, 0.25) is 0 Å². The van der Waals surface area contributed by atoms with Crippen LogP contribution < -0.4 is 15.0 Å². The highest BCUT2D eigenvalue weighted by atomic mass is 19.4. The average molecular weight is 553 g/mol. The maximum Gasteiger partial charge on any atom is 0.416 e. The lowest BCUT2D eigenvalue weighted by Gasteiger charge is -2.27. The Labute approximate surface area is 226 Å². The van der Waals surface area contributed by atoms with E-state index in [1.807, 2.05) is 0 Å². The summed E-state index contributed by atoms with van der Waals surface area (Å²) in [6.07, 6.45) is -4.56. The van der Waals surface area contributed by atoms with Crippen LogP contribution in [0, 0.1) is 11.8 Å². The quantitative estimate of drug-likeness (QED) is 0.327. The van der Waals surface area contributed by atoms with Gasteiger partial charge in [-0.05, 0) is 74.0 Å². The minimum absolute atomic E-state index is 0.0630. The molecule has 206 valence electrons. The molecular formula is C29H23F3N2O6. The lowest BCUT2D eigenvalue weighted by atomic mass is 9.80. The zero-order valence-electron chi connectivity index (χ0n) is 21.2. The first-order valence-electron chi connectivity index (χ1n) is 12.3. The number of carboxylic acid groups (broad SMARTS) is 1. The van der Waals surface area contributed by atoms with Crippen LogP contribution in [-0.2, 0) is 20.6 Å². The molecule has 0 aromatic heterocycles. The van der Waals surface area contributed by atoms with Gasteiger partial charge in [-0.1, -0.05) is 18.2 Å². The summed E-state index contributed by atoms with van der Waals surface area (Å²) in [6, 6.07) is 15.5. The van der Waals surface area contributed by atoms with Crippen molar-refractivity contribution in [3.05, 3.63) is 89.5 Å². The monoisotopic (exact) mass is 552 g/mol. The summed E-state index contributed by atoms with van der Waals surface area (Å²) >= 11 is 0. The van der Waals surface area contributed by atoms with Gasteiger partial charge in [0.25, 0.3) is 0 Å². The van der Waals surface area contributed by atoms with Gasteiger partial charge >= 0.3 is 12.1 Å². The Hall–Kier alpha value is -4.51. The van der Waals surface area contributed by atoms with Crippen molar-refractivity contribution < 1.29 is 42.2 Å². The van der Waals surface area contributed by atoms with Gasteiger partial charge in [-0.3, -0.25) is 24.5 Å². The van der Waals surface area contributed by atoms with Gasteiger partial charge < -0.3 is 9.84 Å². The number of hydrogen-bond donors (Lipinski definition) is 2. The predicted octanol–water partition coefficient (Wildman–Crippen LogP) is 4.99. The minimum Gasteiger partial charge on any atom is -0.480 e. The molecular weight excluding hydrogens is 529 g/mol. The van der Waals surface area contributed by atoms with Crippen LogP contribution in [0.3, 0.4) is 0 Å². The highest BCUT2D eigenvalue weighted by Crippen LogP contribution is 2.50. The maximum absolute atomic E-state index is 13.7. The lowest BCUT2D eigenvalue weighted by Crippen LogP contribution is -2.53. The van der Waals surface area contributed by atoms with Crippen LogP contribution in [0.1, 0.15) is 41.4 Å². The molecule has 8 nitrogen and oxygen atoms in total. The van der Waals surface area contributed by atoms with Crippen LogP contribution in [0.5, 0.6) is 11.5 Å². The molecule has 2 fully saturated rings. The summed E-state index contributed by atoms with van der Waals surface area (Å²) in [7, 11) is 0. The van der Waals surface area contributed by atoms with Crippen molar-refractivity contribution in [3.63, 3.8) is 0 Å². The van der Waals surface area contributed by atoms with E-state index < -0.39 is 52.9 Å². The smallest absolute Gasteiger partial charge is 0.416 e. The molecule has 2 heterocycles.